The first-order chi connectivity index (χ1) is 18.1. The van der Waals surface area contributed by atoms with Gasteiger partial charge in [-0.25, -0.2) is 9.67 Å². The number of H-pyrrole nitrogens is 1. The second-order valence-corrected chi connectivity index (χ2v) is 9.47. The van der Waals surface area contributed by atoms with Gasteiger partial charge in [-0.3, -0.25) is 9.59 Å². The number of amides is 1. The van der Waals surface area contributed by atoms with Gasteiger partial charge in [0.2, 0.25) is 0 Å². The van der Waals surface area contributed by atoms with E-state index >= 15 is 0 Å². The maximum absolute atomic E-state index is 14.0. The summed E-state index contributed by atoms with van der Waals surface area (Å²) in [7, 11) is 1.61. The van der Waals surface area contributed by atoms with Crippen molar-refractivity contribution in [3.63, 3.8) is 0 Å². The number of para-hydroxylation sites is 2. The van der Waals surface area contributed by atoms with Gasteiger partial charge < -0.3 is 9.88 Å². The summed E-state index contributed by atoms with van der Waals surface area (Å²) in [6.45, 7) is 1.11. The van der Waals surface area contributed by atoms with Gasteiger partial charge in [0.25, 0.3) is 11.5 Å². The maximum Gasteiger partial charge on any atom is 0.280 e. The number of nitrogens with zero attached hydrogens (tertiary/aromatic N) is 4. The second-order valence-electron chi connectivity index (χ2n) is 9.47. The third kappa shape index (κ3) is 4.22. The molecular formula is C30H27N5O2. The Labute approximate surface area is 214 Å². The van der Waals surface area contributed by atoms with Crippen molar-refractivity contribution in [3.8, 4) is 22.4 Å². The Morgan fingerprint density at radius 3 is 2.16 bits per heavy atom. The van der Waals surface area contributed by atoms with Crippen molar-refractivity contribution in [3.05, 3.63) is 107 Å². The highest BCUT2D eigenvalue weighted by atomic mass is 16.2. The zero-order chi connectivity index (χ0) is 25.4. The van der Waals surface area contributed by atoms with E-state index < -0.39 is 0 Å². The predicted octanol–water partition coefficient (Wildman–Crippen LogP) is 5.01. The summed E-state index contributed by atoms with van der Waals surface area (Å²) in [5.41, 5.74) is 4.62. The number of aromatic amines is 1. The molecule has 1 amide bonds. The van der Waals surface area contributed by atoms with Crippen LogP contribution in [-0.4, -0.2) is 43.6 Å². The summed E-state index contributed by atoms with van der Waals surface area (Å²) < 4.78 is 1.28. The molecule has 3 heterocycles. The molecule has 5 aromatic rings. The number of rotatable bonds is 4. The summed E-state index contributed by atoms with van der Waals surface area (Å²) in [6, 6.07) is 27.3. The van der Waals surface area contributed by atoms with Crippen LogP contribution in [0.25, 0.3) is 33.4 Å². The van der Waals surface area contributed by atoms with E-state index in [1.54, 1.807) is 11.9 Å². The van der Waals surface area contributed by atoms with Gasteiger partial charge in [0, 0.05) is 37.2 Å². The molecule has 0 radical (unpaired) electrons. The molecule has 2 aromatic heterocycles. The average Bonchev–Trinajstić information content (AvgIpc) is 3.39. The Morgan fingerprint density at radius 1 is 0.865 bits per heavy atom. The minimum Gasteiger partial charge on any atom is -0.342 e. The fourth-order valence-corrected chi connectivity index (χ4v) is 5.19. The number of imidazole rings is 1. The molecule has 1 N–H and O–H groups in total. The number of piperidine rings is 1. The van der Waals surface area contributed by atoms with Crippen LogP contribution in [0.4, 0.5) is 0 Å². The van der Waals surface area contributed by atoms with E-state index in [1.807, 2.05) is 84.9 Å². The van der Waals surface area contributed by atoms with Gasteiger partial charge in [-0.2, -0.15) is 5.10 Å². The first-order valence-corrected chi connectivity index (χ1v) is 12.6. The third-order valence-corrected chi connectivity index (χ3v) is 7.14. The van der Waals surface area contributed by atoms with Crippen LogP contribution >= 0.6 is 0 Å². The molecule has 184 valence electrons. The summed E-state index contributed by atoms with van der Waals surface area (Å²) in [4.78, 5) is 37.5. The van der Waals surface area contributed by atoms with Crippen LogP contribution in [0, 0.1) is 0 Å². The van der Waals surface area contributed by atoms with Gasteiger partial charge >= 0.3 is 0 Å². The molecule has 1 fully saturated rings. The number of hydrogen-bond donors (Lipinski definition) is 1. The van der Waals surface area contributed by atoms with Crippen molar-refractivity contribution >= 4 is 16.9 Å². The van der Waals surface area contributed by atoms with E-state index in [1.165, 1.54) is 4.68 Å². The maximum atomic E-state index is 14.0. The van der Waals surface area contributed by atoms with Crippen molar-refractivity contribution < 1.29 is 4.79 Å². The predicted molar refractivity (Wildman–Crippen MR) is 144 cm³/mol. The van der Waals surface area contributed by atoms with E-state index in [0.717, 1.165) is 40.8 Å². The van der Waals surface area contributed by atoms with Crippen molar-refractivity contribution in [2.75, 3.05) is 13.1 Å². The highest BCUT2D eigenvalue weighted by Gasteiger charge is 2.31. The summed E-state index contributed by atoms with van der Waals surface area (Å²) >= 11 is 0. The molecule has 1 saturated heterocycles. The molecule has 0 aliphatic carbocycles. The molecule has 1 aliphatic rings. The molecular weight excluding hydrogens is 462 g/mol. The van der Waals surface area contributed by atoms with Gasteiger partial charge in [0.05, 0.1) is 16.7 Å². The van der Waals surface area contributed by atoms with E-state index in [2.05, 4.69) is 10.1 Å². The van der Waals surface area contributed by atoms with Crippen LogP contribution < -0.4 is 5.56 Å². The number of fused-ring (bicyclic) bond motifs is 1. The van der Waals surface area contributed by atoms with E-state index in [9.17, 15) is 9.59 Å². The number of hydrogen-bond acceptors (Lipinski definition) is 4. The Bertz CT molecular complexity index is 1600. The highest BCUT2D eigenvalue weighted by Crippen LogP contribution is 2.34. The normalized spacial score (nSPS) is 14.2. The number of nitrogens with one attached hydrogen (secondary N) is 1. The van der Waals surface area contributed by atoms with Crippen LogP contribution in [-0.2, 0) is 7.05 Å². The smallest absolute Gasteiger partial charge is 0.280 e. The van der Waals surface area contributed by atoms with Crippen LogP contribution in [0.5, 0.6) is 0 Å². The van der Waals surface area contributed by atoms with Gasteiger partial charge in [-0.05, 0) is 30.5 Å². The third-order valence-electron chi connectivity index (χ3n) is 7.14. The number of benzene rings is 3. The highest BCUT2D eigenvalue weighted by molar-refractivity contribution is 6.03. The molecule has 0 atom stereocenters. The lowest BCUT2D eigenvalue weighted by Gasteiger charge is -2.31. The Hall–Kier alpha value is -4.52. The Balaban J connectivity index is 1.36. The quantitative estimate of drug-likeness (QED) is 0.385. The second kappa shape index (κ2) is 9.50. The SMILES string of the molecule is Cn1nc(-c2ccccc2)c(-c2ccccc2)c(C(=O)N2CCC(c3nc4ccccc4[nH]3)CC2)c1=O. The molecule has 0 unspecified atom stereocenters. The largest absolute Gasteiger partial charge is 0.342 e. The van der Waals surface area contributed by atoms with Crippen molar-refractivity contribution in [1.82, 2.24) is 24.6 Å². The lowest BCUT2D eigenvalue weighted by atomic mass is 9.93. The van der Waals surface area contributed by atoms with Crippen molar-refractivity contribution in [2.45, 2.75) is 18.8 Å². The Morgan fingerprint density at radius 2 is 1.49 bits per heavy atom. The fraction of sp³-hybridized carbons (Fsp3) is 0.200. The first-order valence-electron chi connectivity index (χ1n) is 12.6. The van der Waals surface area contributed by atoms with E-state index in [4.69, 9.17) is 4.98 Å². The minimum atomic E-state index is -0.386. The molecule has 7 nitrogen and oxygen atoms in total. The zero-order valence-corrected chi connectivity index (χ0v) is 20.6. The lowest BCUT2D eigenvalue weighted by molar-refractivity contribution is 0.0709. The number of carbonyl (C=O) groups is 1. The van der Waals surface area contributed by atoms with Crippen LogP contribution in [0.3, 0.4) is 0 Å². The zero-order valence-electron chi connectivity index (χ0n) is 20.6. The monoisotopic (exact) mass is 489 g/mol. The van der Waals surface area contributed by atoms with Crippen molar-refractivity contribution in [1.29, 1.82) is 0 Å². The molecule has 1 aliphatic heterocycles. The summed E-state index contributed by atoms with van der Waals surface area (Å²) in [5, 5.41) is 4.60. The molecule has 7 heteroatoms. The standard InChI is InChI=1S/C30H27N5O2/c1-34-29(36)26(25(20-10-4-2-5-11-20)27(33-34)21-12-6-3-7-13-21)30(37)35-18-16-22(17-19-35)28-31-23-14-8-9-15-24(23)32-28/h2-15,22H,16-19H2,1H3,(H,31,32). The molecule has 3 aromatic carbocycles. The molecule has 0 saturated carbocycles. The fourth-order valence-electron chi connectivity index (χ4n) is 5.19. The average molecular weight is 490 g/mol. The van der Waals surface area contributed by atoms with Crippen LogP contribution in [0.1, 0.15) is 34.9 Å². The van der Waals surface area contributed by atoms with E-state index in [0.29, 0.717) is 24.3 Å². The number of likely N-dealkylation sites (tertiary alicyclic amines) is 1. The first kappa shape index (κ1) is 22.9. The van der Waals surface area contributed by atoms with Crippen LogP contribution in [0.15, 0.2) is 89.7 Å². The minimum absolute atomic E-state index is 0.171. The summed E-state index contributed by atoms with van der Waals surface area (Å²) in [5.74, 6) is 0.955. The number of aryl methyl sites for hydroxylation is 1. The summed E-state index contributed by atoms with van der Waals surface area (Å²) in [6.07, 6.45) is 1.56. The van der Waals surface area contributed by atoms with Gasteiger partial charge in [-0.1, -0.05) is 72.8 Å². The van der Waals surface area contributed by atoms with E-state index in [-0.39, 0.29) is 22.9 Å². The molecule has 37 heavy (non-hydrogen) atoms. The van der Waals surface area contributed by atoms with Gasteiger partial charge in [0.1, 0.15) is 11.4 Å². The number of aromatic nitrogens is 4. The molecule has 0 bridgehead atoms. The lowest BCUT2D eigenvalue weighted by Crippen LogP contribution is -2.42. The van der Waals surface area contributed by atoms with Crippen molar-refractivity contribution in [2.24, 2.45) is 7.05 Å². The van der Waals surface area contributed by atoms with Crippen LogP contribution in [0.2, 0.25) is 0 Å². The Kier molecular flexibility index (Phi) is 5.88. The van der Waals surface area contributed by atoms with Gasteiger partial charge in [0.15, 0.2) is 0 Å². The molecule has 6 rings (SSSR count). The van der Waals surface area contributed by atoms with Gasteiger partial charge in [-0.15, -0.1) is 0 Å². The number of carbonyl (C=O) groups excluding carboxylic acids is 1. The molecule has 0 spiro atoms. The topological polar surface area (TPSA) is 83.9 Å².